The van der Waals surface area contributed by atoms with Gasteiger partial charge in [-0.2, -0.15) is 0 Å². The molecule has 0 spiro atoms. The quantitative estimate of drug-likeness (QED) is 0.523. The van der Waals surface area contributed by atoms with E-state index >= 15 is 0 Å². The number of carbonyl (C=O) groups is 3. The van der Waals surface area contributed by atoms with Crippen LogP contribution in [0.4, 0.5) is 4.79 Å². The van der Waals surface area contributed by atoms with Crippen LogP contribution in [0, 0.1) is 5.92 Å². The molecule has 2 amide bonds. The van der Waals surface area contributed by atoms with E-state index in [4.69, 9.17) is 9.47 Å². The number of hydrogen-bond donors (Lipinski definition) is 3. The third kappa shape index (κ3) is 5.22. The van der Waals surface area contributed by atoms with Crippen LogP contribution in [-0.2, 0) is 19.1 Å². The van der Waals surface area contributed by atoms with E-state index in [1.54, 1.807) is 0 Å². The van der Waals surface area contributed by atoms with E-state index < -0.39 is 18.2 Å². The van der Waals surface area contributed by atoms with Gasteiger partial charge in [0.1, 0.15) is 6.61 Å². The molecule has 1 aliphatic carbocycles. The summed E-state index contributed by atoms with van der Waals surface area (Å²) in [7, 11) is 0. The highest BCUT2D eigenvalue weighted by Gasteiger charge is 2.34. The molecule has 3 atom stereocenters. The van der Waals surface area contributed by atoms with E-state index in [2.05, 4.69) is 34.9 Å². The number of carboxylic acid groups (broad SMARTS) is 1. The van der Waals surface area contributed by atoms with Crippen LogP contribution in [0.25, 0.3) is 11.1 Å². The Morgan fingerprint density at radius 1 is 1.09 bits per heavy atom. The van der Waals surface area contributed by atoms with E-state index in [1.165, 1.54) is 0 Å². The molecule has 180 valence electrons. The summed E-state index contributed by atoms with van der Waals surface area (Å²) in [6.07, 6.45) is -0.210. The van der Waals surface area contributed by atoms with Crippen molar-refractivity contribution in [2.45, 2.75) is 44.2 Å². The van der Waals surface area contributed by atoms with Gasteiger partial charge in [0.25, 0.3) is 0 Å². The lowest BCUT2D eigenvalue weighted by Crippen LogP contribution is -2.41. The fraction of sp³-hybridized carbons (Fsp3) is 0.423. The molecular weight excluding hydrogens is 436 g/mol. The Kier molecular flexibility index (Phi) is 7.47. The van der Waals surface area contributed by atoms with Crippen LogP contribution in [0.15, 0.2) is 48.5 Å². The maximum absolute atomic E-state index is 12.5. The SMILES string of the molecule is CCC(CC(=O)NC[C@H]1CCO[C@H]1C(=O)O)NC(=O)OCC1c2ccccc2-c2ccccc21. The molecule has 1 fully saturated rings. The Morgan fingerprint density at radius 2 is 1.74 bits per heavy atom. The van der Waals surface area contributed by atoms with Crippen molar-refractivity contribution in [3.8, 4) is 11.1 Å². The minimum Gasteiger partial charge on any atom is -0.479 e. The van der Waals surface area contributed by atoms with Crippen LogP contribution < -0.4 is 10.6 Å². The van der Waals surface area contributed by atoms with Gasteiger partial charge in [0, 0.05) is 37.5 Å². The van der Waals surface area contributed by atoms with E-state index in [0.717, 1.165) is 22.3 Å². The topological polar surface area (TPSA) is 114 Å². The second kappa shape index (κ2) is 10.7. The highest BCUT2D eigenvalue weighted by Crippen LogP contribution is 2.44. The molecule has 8 heteroatoms. The molecule has 34 heavy (non-hydrogen) atoms. The Bertz CT molecular complexity index is 1010. The Balaban J connectivity index is 1.27. The number of carboxylic acids is 1. The highest BCUT2D eigenvalue weighted by atomic mass is 16.5. The summed E-state index contributed by atoms with van der Waals surface area (Å²) in [6, 6.07) is 15.9. The molecule has 1 unspecified atom stereocenters. The predicted octanol–water partition coefficient (Wildman–Crippen LogP) is 3.30. The number of fused-ring (bicyclic) bond motifs is 3. The number of nitrogens with one attached hydrogen (secondary N) is 2. The van der Waals surface area contributed by atoms with Crippen LogP contribution in [0.3, 0.4) is 0 Å². The lowest BCUT2D eigenvalue weighted by atomic mass is 9.98. The molecule has 1 heterocycles. The molecule has 1 aliphatic heterocycles. The molecule has 0 radical (unpaired) electrons. The van der Waals surface area contributed by atoms with Crippen molar-refractivity contribution < 1.29 is 29.0 Å². The summed E-state index contributed by atoms with van der Waals surface area (Å²) in [5, 5.41) is 14.7. The molecule has 8 nitrogen and oxygen atoms in total. The first kappa shape index (κ1) is 23.8. The first-order chi connectivity index (χ1) is 16.5. The fourth-order valence-corrected chi connectivity index (χ4v) is 4.76. The maximum atomic E-state index is 12.5. The standard InChI is InChI=1S/C26H30N2O6/c1-2-17(13-23(29)27-14-16-11-12-33-24(16)25(30)31)28-26(32)34-15-22-20-9-5-3-7-18(20)19-8-4-6-10-21(19)22/h3-10,16-17,22,24H,2,11-15H2,1H3,(H,27,29)(H,28,32)(H,30,31)/t16-,17?,24-/m1/s1. The number of ether oxygens (including phenoxy) is 2. The van der Waals surface area contributed by atoms with Crippen molar-refractivity contribution in [3.63, 3.8) is 0 Å². The van der Waals surface area contributed by atoms with Crippen molar-refractivity contribution in [2.24, 2.45) is 5.92 Å². The summed E-state index contributed by atoms with van der Waals surface area (Å²) < 4.78 is 10.8. The summed E-state index contributed by atoms with van der Waals surface area (Å²) >= 11 is 0. The predicted molar refractivity (Wildman–Crippen MR) is 125 cm³/mol. The monoisotopic (exact) mass is 466 g/mol. The second-order valence-electron chi connectivity index (χ2n) is 8.76. The van der Waals surface area contributed by atoms with Crippen molar-refractivity contribution in [2.75, 3.05) is 19.8 Å². The van der Waals surface area contributed by atoms with Gasteiger partial charge in [0.05, 0.1) is 0 Å². The van der Waals surface area contributed by atoms with Crippen LogP contribution in [0.1, 0.15) is 43.2 Å². The normalized spacial score (nSPS) is 19.7. The van der Waals surface area contributed by atoms with E-state index in [0.29, 0.717) is 19.4 Å². The summed E-state index contributed by atoms with van der Waals surface area (Å²) in [4.78, 5) is 36.1. The molecule has 2 aromatic rings. The number of alkyl carbamates (subject to hydrolysis) is 1. The summed E-state index contributed by atoms with van der Waals surface area (Å²) in [5.74, 6) is -1.55. The number of amides is 2. The minimum atomic E-state index is -1.01. The molecule has 1 saturated heterocycles. The molecule has 0 aromatic heterocycles. The average Bonchev–Trinajstić information content (AvgIpc) is 3.44. The smallest absolute Gasteiger partial charge is 0.407 e. The van der Waals surface area contributed by atoms with Crippen molar-refractivity contribution >= 4 is 18.0 Å². The molecule has 4 rings (SSSR count). The minimum absolute atomic E-state index is 0.0302. The zero-order chi connectivity index (χ0) is 24.1. The molecule has 2 aromatic carbocycles. The first-order valence-electron chi connectivity index (χ1n) is 11.7. The van der Waals surface area contributed by atoms with Gasteiger partial charge in [0.2, 0.25) is 5.91 Å². The summed E-state index contributed by atoms with van der Waals surface area (Å²) in [6.45, 7) is 2.70. The third-order valence-corrected chi connectivity index (χ3v) is 6.61. The molecular formula is C26H30N2O6. The van der Waals surface area contributed by atoms with Gasteiger partial charge in [-0.05, 0) is 35.1 Å². The number of rotatable bonds is 9. The Morgan fingerprint density at radius 3 is 2.35 bits per heavy atom. The van der Waals surface area contributed by atoms with Crippen LogP contribution in [0.5, 0.6) is 0 Å². The van der Waals surface area contributed by atoms with Gasteiger partial charge in [-0.3, -0.25) is 4.79 Å². The van der Waals surface area contributed by atoms with Crippen molar-refractivity contribution in [3.05, 3.63) is 59.7 Å². The Hall–Kier alpha value is -3.39. The van der Waals surface area contributed by atoms with E-state index in [1.807, 2.05) is 31.2 Å². The zero-order valence-electron chi connectivity index (χ0n) is 19.2. The van der Waals surface area contributed by atoms with Gasteiger partial charge in [-0.25, -0.2) is 9.59 Å². The number of benzene rings is 2. The lowest BCUT2D eigenvalue weighted by molar-refractivity contribution is -0.149. The number of carbonyl (C=O) groups excluding carboxylic acids is 2. The maximum Gasteiger partial charge on any atom is 0.407 e. The molecule has 2 aliphatic rings. The van der Waals surface area contributed by atoms with Gasteiger partial charge >= 0.3 is 12.1 Å². The largest absolute Gasteiger partial charge is 0.479 e. The summed E-state index contributed by atoms with van der Waals surface area (Å²) in [5.41, 5.74) is 4.60. The Labute approximate surface area is 198 Å². The van der Waals surface area contributed by atoms with Gasteiger partial charge in [0.15, 0.2) is 6.10 Å². The number of aliphatic carboxylic acids is 1. The second-order valence-corrected chi connectivity index (χ2v) is 8.76. The molecule has 3 N–H and O–H groups in total. The van der Waals surface area contributed by atoms with Crippen LogP contribution >= 0.6 is 0 Å². The third-order valence-electron chi connectivity index (χ3n) is 6.61. The van der Waals surface area contributed by atoms with Gasteiger partial charge in [-0.1, -0.05) is 55.5 Å². The van der Waals surface area contributed by atoms with Gasteiger partial charge < -0.3 is 25.2 Å². The fourth-order valence-electron chi connectivity index (χ4n) is 4.76. The van der Waals surface area contributed by atoms with Crippen molar-refractivity contribution in [1.82, 2.24) is 10.6 Å². The number of hydrogen-bond acceptors (Lipinski definition) is 5. The molecule has 0 saturated carbocycles. The van der Waals surface area contributed by atoms with Crippen LogP contribution in [-0.4, -0.2) is 55.0 Å². The van der Waals surface area contributed by atoms with Crippen molar-refractivity contribution in [1.29, 1.82) is 0 Å². The van der Waals surface area contributed by atoms with Crippen LogP contribution in [0.2, 0.25) is 0 Å². The highest BCUT2D eigenvalue weighted by molar-refractivity contribution is 5.80. The van der Waals surface area contributed by atoms with Gasteiger partial charge in [-0.15, -0.1) is 0 Å². The van der Waals surface area contributed by atoms with E-state index in [-0.39, 0.29) is 43.4 Å². The lowest BCUT2D eigenvalue weighted by Gasteiger charge is -2.20. The molecule has 0 bridgehead atoms. The van der Waals surface area contributed by atoms with E-state index in [9.17, 15) is 19.5 Å². The average molecular weight is 467 g/mol. The first-order valence-corrected chi connectivity index (χ1v) is 11.7. The zero-order valence-corrected chi connectivity index (χ0v) is 19.2.